The van der Waals surface area contributed by atoms with Gasteiger partial charge in [0.05, 0.1) is 0 Å². The molecule has 4 aromatic rings. The first-order valence-electron chi connectivity index (χ1n) is 9.09. The number of thiazole rings is 1. The number of amides is 1. The smallest absolute Gasteiger partial charge is 0.283 e. The molecule has 0 saturated carbocycles. The van der Waals surface area contributed by atoms with Gasteiger partial charge in [-0.3, -0.25) is 4.79 Å². The fourth-order valence-electron chi connectivity index (χ4n) is 3.92. The highest BCUT2D eigenvalue weighted by Gasteiger charge is 2.26. The third kappa shape index (κ3) is 2.75. The summed E-state index contributed by atoms with van der Waals surface area (Å²) in [6.45, 7) is 3.49. The molecule has 3 heterocycles. The largest absolute Gasteiger partial charge is 0.358 e. The summed E-state index contributed by atoms with van der Waals surface area (Å²) in [6, 6.07) is 15.0. The number of aromatic nitrogens is 2. The molecule has 0 saturated heterocycles. The second-order valence-electron chi connectivity index (χ2n) is 6.97. The van der Waals surface area contributed by atoms with Crippen LogP contribution in [0.25, 0.3) is 22.0 Å². The number of fused-ring (bicyclic) bond motifs is 3. The summed E-state index contributed by atoms with van der Waals surface area (Å²) in [4.78, 5) is 22.4. The number of aryl methyl sites for hydroxylation is 1. The van der Waals surface area contributed by atoms with E-state index in [0.717, 1.165) is 18.5 Å². The van der Waals surface area contributed by atoms with Gasteiger partial charge < -0.3 is 9.88 Å². The van der Waals surface area contributed by atoms with Crippen LogP contribution >= 0.6 is 11.3 Å². The van der Waals surface area contributed by atoms with Gasteiger partial charge in [0.25, 0.3) is 5.91 Å². The Morgan fingerprint density at radius 1 is 1.22 bits per heavy atom. The second kappa shape index (κ2) is 6.35. The zero-order valence-electron chi connectivity index (χ0n) is 15.0. The van der Waals surface area contributed by atoms with E-state index >= 15 is 0 Å². The Kier molecular flexibility index (Phi) is 3.83. The Balaban J connectivity index is 1.55. The number of carbonyl (C=O) groups excluding carboxylic acids is 1. The van der Waals surface area contributed by atoms with Gasteiger partial charge in [0.1, 0.15) is 0 Å². The summed E-state index contributed by atoms with van der Waals surface area (Å²) in [5, 5.41) is 3.63. The first-order chi connectivity index (χ1) is 13.2. The summed E-state index contributed by atoms with van der Waals surface area (Å²) in [5.74, 6) is 0.0278. The zero-order valence-corrected chi connectivity index (χ0v) is 15.8. The molecule has 5 heteroatoms. The molecule has 2 aromatic carbocycles. The van der Waals surface area contributed by atoms with Crippen molar-refractivity contribution in [3.8, 4) is 11.1 Å². The monoisotopic (exact) mass is 373 g/mol. The number of benzene rings is 2. The highest BCUT2D eigenvalue weighted by atomic mass is 32.1. The number of carbonyl (C=O) groups is 1. The van der Waals surface area contributed by atoms with Crippen LogP contribution in [0, 0.1) is 6.92 Å². The minimum absolute atomic E-state index is 0.0278. The standard InChI is InChI=1S/C22H19N3OS/c1-14-4-2-3-5-16(14)15-6-7-19-17(12-15)18-13-25(10-8-20(18)24-19)22(26)21-23-9-11-27-21/h2-7,9,11-12,24H,8,10,13H2,1H3. The SMILES string of the molecule is Cc1ccccc1-c1ccc2[nH]c3c(c2c1)CN(C(=O)c1nccs1)CC3. The Morgan fingerprint density at radius 2 is 2.11 bits per heavy atom. The summed E-state index contributed by atoms with van der Waals surface area (Å²) in [7, 11) is 0. The van der Waals surface area contributed by atoms with Crippen molar-refractivity contribution in [3.05, 3.63) is 75.9 Å². The Hall–Kier alpha value is -2.92. The van der Waals surface area contributed by atoms with Crippen molar-refractivity contribution in [1.82, 2.24) is 14.9 Å². The van der Waals surface area contributed by atoms with Crippen LogP contribution in [0.2, 0.25) is 0 Å². The Bertz CT molecular complexity index is 1140. The molecule has 0 unspecified atom stereocenters. The maximum Gasteiger partial charge on any atom is 0.283 e. The van der Waals surface area contributed by atoms with E-state index in [2.05, 4.69) is 59.4 Å². The normalized spacial score (nSPS) is 13.7. The molecule has 1 aliphatic heterocycles. The van der Waals surface area contributed by atoms with Crippen LogP contribution in [0.3, 0.4) is 0 Å². The van der Waals surface area contributed by atoms with Crippen molar-refractivity contribution in [2.24, 2.45) is 0 Å². The number of hydrogen-bond donors (Lipinski definition) is 1. The van der Waals surface area contributed by atoms with E-state index in [9.17, 15) is 4.79 Å². The highest BCUT2D eigenvalue weighted by molar-refractivity contribution is 7.11. The van der Waals surface area contributed by atoms with Crippen LogP contribution in [0.5, 0.6) is 0 Å². The maximum absolute atomic E-state index is 12.7. The van der Waals surface area contributed by atoms with E-state index in [0.29, 0.717) is 11.6 Å². The van der Waals surface area contributed by atoms with Crippen molar-refractivity contribution in [1.29, 1.82) is 0 Å². The molecular weight excluding hydrogens is 354 g/mol. The first kappa shape index (κ1) is 16.3. The van der Waals surface area contributed by atoms with Gasteiger partial charge in [-0.05, 0) is 35.7 Å². The molecular formula is C22H19N3OS. The summed E-state index contributed by atoms with van der Waals surface area (Å²) >= 11 is 1.40. The van der Waals surface area contributed by atoms with Crippen molar-refractivity contribution in [2.75, 3.05) is 6.54 Å². The molecule has 0 radical (unpaired) electrons. The van der Waals surface area contributed by atoms with Gasteiger partial charge >= 0.3 is 0 Å². The molecule has 1 N–H and O–H groups in total. The second-order valence-corrected chi connectivity index (χ2v) is 7.87. The predicted octanol–water partition coefficient (Wildman–Crippen LogP) is 4.80. The van der Waals surface area contributed by atoms with E-state index in [1.54, 1.807) is 6.20 Å². The summed E-state index contributed by atoms with van der Waals surface area (Å²) in [5.41, 5.74) is 7.35. The molecule has 0 fully saturated rings. The molecule has 0 spiro atoms. The van der Waals surface area contributed by atoms with Gasteiger partial charge in [-0.15, -0.1) is 11.3 Å². The van der Waals surface area contributed by atoms with E-state index in [4.69, 9.17) is 0 Å². The van der Waals surface area contributed by atoms with Crippen LogP contribution in [-0.4, -0.2) is 27.3 Å². The number of nitrogens with one attached hydrogen (secondary N) is 1. The summed E-state index contributed by atoms with van der Waals surface area (Å²) in [6.07, 6.45) is 2.54. The lowest BCUT2D eigenvalue weighted by Gasteiger charge is -2.26. The molecule has 1 aliphatic rings. The quantitative estimate of drug-likeness (QED) is 0.549. The number of rotatable bonds is 2. The third-order valence-corrected chi connectivity index (χ3v) is 6.09. The minimum atomic E-state index is 0.0278. The molecule has 0 aliphatic carbocycles. The van der Waals surface area contributed by atoms with Gasteiger partial charge in [0, 0.05) is 53.2 Å². The van der Waals surface area contributed by atoms with Crippen LogP contribution in [0.4, 0.5) is 0 Å². The molecule has 0 bridgehead atoms. The number of H-pyrrole nitrogens is 1. The molecule has 134 valence electrons. The van der Waals surface area contributed by atoms with Crippen molar-refractivity contribution < 1.29 is 4.79 Å². The molecule has 1 amide bonds. The van der Waals surface area contributed by atoms with Gasteiger partial charge in [0.2, 0.25) is 0 Å². The van der Waals surface area contributed by atoms with Crippen molar-refractivity contribution >= 4 is 28.1 Å². The molecule has 27 heavy (non-hydrogen) atoms. The molecule has 2 aromatic heterocycles. The summed E-state index contributed by atoms with van der Waals surface area (Å²) < 4.78 is 0. The number of hydrogen-bond acceptors (Lipinski definition) is 3. The fourth-order valence-corrected chi connectivity index (χ4v) is 4.52. The predicted molar refractivity (Wildman–Crippen MR) is 109 cm³/mol. The van der Waals surface area contributed by atoms with Crippen molar-refractivity contribution in [2.45, 2.75) is 19.9 Å². The third-order valence-electron chi connectivity index (χ3n) is 5.33. The van der Waals surface area contributed by atoms with Gasteiger partial charge in [-0.1, -0.05) is 30.3 Å². The van der Waals surface area contributed by atoms with E-state index in [1.165, 1.54) is 44.7 Å². The topological polar surface area (TPSA) is 49.0 Å². The number of nitrogens with zero attached hydrogens (tertiary/aromatic N) is 2. The lowest BCUT2D eigenvalue weighted by atomic mass is 9.97. The lowest BCUT2D eigenvalue weighted by molar-refractivity contribution is 0.0734. The van der Waals surface area contributed by atoms with Gasteiger partial charge in [0.15, 0.2) is 5.01 Å². The molecule has 4 nitrogen and oxygen atoms in total. The van der Waals surface area contributed by atoms with Crippen LogP contribution < -0.4 is 0 Å². The van der Waals surface area contributed by atoms with Crippen molar-refractivity contribution in [3.63, 3.8) is 0 Å². The Morgan fingerprint density at radius 3 is 2.93 bits per heavy atom. The Labute approximate surface area is 161 Å². The van der Waals surface area contributed by atoms with Crippen LogP contribution in [0.15, 0.2) is 54.0 Å². The average Bonchev–Trinajstić information content (AvgIpc) is 3.35. The van der Waals surface area contributed by atoms with E-state index in [-0.39, 0.29) is 5.91 Å². The highest BCUT2D eigenvalue weighted by Crippen LogP contribution is 2.33. The first-order valence-corrected chi connectivity index (χ1v) is 9.97. The molecule has 0 atom stereocenters. The number of aromatic amines is 1. The van der Waals surface area contributed by atoms with E-state index < -0.39 is 0 Å². The van der Waals surface area contributed by atoms with Crippen LogP contribution in [0.1, 0.15) is 26.6 Å². The van der Waals surface area contributed by atoms with Gasteiger partial charge in [-0.2, -0.15) is 0 Å². The van der Waals surface area contributed by atoms with E-state index in [1.807, 2.05) is 10.3 Å². The van der Waals surface area contributed by atoms with Gasteiger partial charge in [-0.25, -0.2) is 4.98 Å². The average molecular weight is 373 g/mol. The zero-order chi connectivity index (χ0) is 18.4. The lowest BCUT2D eigenvalue weighted by Crippen LogP contribution is -2.35. The fraction of sp³-hybridized carbons (Fsp3) is 0.182. The molecule has 5 rings (SSSR count). The minimum Gasteiger partial charge on any atom is -0.358 e. The maximum atomic E-state index is 12.7. The van der Waals surface area contributed by atoms with Crippen LogP contribution in [-0.2, 0) is 13.0 Å².